The molecule has 0 amide bonds. The summed E-state index contributed by atoms with van der Waals surface area (Å²) in [5, 5.41) is 9.24. The molecule has 18 heavy (non-hydrogen) atoms. The number of aromatic nitrogens is 2. The summed E-state index contributed by atoms with van der Waals surface area (Å²) in [5.41, 5.74) is 6.68. The lowest BCUT2D eigenvalue weighted by Crippen LogP contribution is -1.94. The summed E-state index contributed by atoms with van der Waals surface area (Å²) in [5.74, 6) is 1.59. The number of nitrogen functional groups attached to an aromatic ring is 1. The molecule has 5 nitrogen and oxygen atoms in total. The lowest BCUT2D eigenvalue weighted by molar-refractivity contribution is 0.393. The molecule has 0 unspecified atom stereocenters. The van der Waals surface area contributed by atoms with Crippen molar-refractivity contribution in [2.75, 3.05) is 20.0 Å². The second kappa shape index (κ2) is 5.68. The second-order valence-electron chi connectivity index (χ2n) is 3.75. The first-order valence-corrected chi connectivity index (χ1v) is 6.32. The molecule has 1 aromatic heterocycles. The van der Waals surface area contributed by atoms with Gasteiger partial charge in [0.25, 0.3) is 0 Å². The number of anilines is 1. The second-order valence-corrected chi connectivity index (χ2v) is 4.85. The first-order chi connectivity index (χ1) is 8.71. The predicted octanol–water partition coefficient (Wildman–Crippen LogP) is 1.92. The number of nitrogens with zero attached hydrogens (tertiary/aromatic N) is 2. The first kappa shape index (κ1) is 12.6. The van der Waals surface area contributed by atoms with Gasteiger partial charge in [0.05, 0.1) is 14.2 Å². The number of ether oxygens (including phenoxy) is 2. The lowest BCUT2D eigenvalue weighted by Gasteiger charge is -2.07. The van der Waals surface area contributed by atoms with Crippen LogP contribution >= 0.6 is 11.3 Å². The SMILES string of the molecule is COc1cc(CCc2nnc(N)s2)cc(OC)c1. The van der Waals surface area contributed by atoms with Crippen molar-refractivity contribution < 1.29 is 9.47 Å². The maximum absolute atomic E-state index is 5.54. The standard InChI is InChI=1S/C12H15N3O2S/c1-16-9-5-8(6-10(7-9)17-2)3-4-11-14-15-12(13)18-11/h5-7H,3-4H2,1-2H3,(H2,13,15). The summed E-state index contributed by atoms with van der Waals surface area (Å²) in [4.78, 5) is 0. The molecule has 2 rings (SSSR count). The van der Waals surface area contributed by atoms with E-state index in [4.69, 9.17) is 15.2 Å². The minimum absolute atomic E-state index is 0.508. The summed E-state index contributed by atoms with van der Waals surface area (Å²) < 4.78 is 10.5. The highest BCUT2D eigenvalue weighted by molar-refractivity contribution is 7.15. The number of hydrogen-bond donors (Lipinski definition) is 1. The molecule has 0 fully saturated rings. The third-order valence-electron chi connectivity index (χ3n) is 2.52. The number of hydrogen-bond acceptors (Lipinski definition) is 6. The molecular formula is C12H15N3O2S. The van der Waals surface area contributed by atoms with Gasteiger partial charge in [-0.1, -0.05) is 11.3 Å². The number of aryl methyl sites for hydroxylation is 2. The smallest absolute Gasteiger partial charge is 0.203 e. The topological polar surface area (TPSA) is 70.3 Å². The Labute approximate surface area is 110 Å². The Bertz CT molecular complexity index is 506. The van der Waals surface area contributed by atoms with Gasteiger partial charge in [-0.2, -0.15) is 0 Å². The minimum Gasteiger partial charge on any atom is -0.497 e. The van der Waals surface area contributed by atoms with Gasteiger partial charge < -0.3 is 15.2 Å². The zero-order chi connectivity index (χ0) is 13.0. The highest BCUT2D eigenvalue weighted by Crippen LogP contribution is 2.24. The van der Waals surface area contributed by atoms with Crippen molar-refractivity contribution in [1.29, 1.82) is 0 Å². The van der Waals surface area contributed by atoms with Gasteiger partial charge in [0.1, 0.15) is 16.5 Å². The Morgan fingerprint density at radius 2 is 1.72 bits per heavy atom. The van der Waals surface area contributed by atoms with Crippen molar-refractivity contribution in [2.45, 2.75) is 12.8 Å². The Hall–Kier alpha value is -1.82. The highest BCUT2D eigenvalue weighted by atomic mass is 32.1. The van der Waals surface area contributed by atoms with Gasteiger partial charge in [0, 0.05) is 12.5 Å². The van der Waals surface area contributed by atoms with Crippen LogP contribution in [-0.2, 0) is 12.8 Å². The molecule has 96 valence electrons. The fraction of sp³-hybridized carbons (Fsp3) is 0.333. The molecule has 6 heteroatoms. The van der Waals surface area contributed by atoms with Crippen LogP contribution in [-0.4, -0.2) is 24.4 Å². The van der Waals surface area contributed by atoms with Crippen LogP contribution in [0.5, 0.6) is 11.5 Å². The Kier molecular flexibility index (Phi) is 3.99. The van der Waals surface area contributed by atoms with E-state index in [1.807, 2.05) is 18.2 Å². The van der Waals surface area contributed by atoms with Crippen LogP contribution in [0, 0.1) is 0 Å². The molecular weight excluding hydrogens is 250 g/mol. The Morgan fingerprint density at radius 1 is 1.06 bits per heavy atom. The van der Waals surface area contributed by atoms with E-state index in [0.717, 1.165) is 34.9 Å². The molecule has 0 saturated carbocycles. The highest BCUT2D eigenvalue weighted by Gasteiger charge is 2.05. The molecule has 0 spiro atoms. The zero-order valence-electron chi connectivity index (χ0n) is 10.3. The van der Waals surface area contributed by atoms with Crippen molar-refractivity contribution in [3.8, 4) is 11.5 Å². The van der Waals surface area contributed by atoms with Gasteiger partial charge in [-0.15, -0.1) is 10.2 Å². The molecule has 0 aliphatic heterocycles. The normalized spacial score (nSPS) is 10.3. The van der Waals surface area contributed by atoms with Crippen LogP contribution < -0.4 is 15.2 Å². The first-order valence-electron chi connectivity index (χ1n) is 5.51. The number of nitrogens with two attached hydrogens (primary N) is 1. The predicted molar refractivity (Wildman–Crippen MR) is 71.3 cm³/mol. The van der Waals surface area contributed by atoms with Crippen molar-refractivity contribution in [2.24, 2.45) is 0 Å². The van der Waals surface area contributed by atoms with E-state index in [1.165, 1.54) is 11.3 Å². The maximum atomic E-state index is 5.54. The van der Waals surface area contributed by atoms with E-state index in [0.29, 0.717) is 5.13 Å². The lowest BCUT2D eigenvalue weighted by atomic mass is 10.1. The van der Waals surface area contributed by atoms with Crippen LogP contribution in [0.3, 0.4) is 0 Å². The fourth-order valence-electron chi connectivity index (χ4n) is 1.63. The van der Waals surface area contributed by atoms with Crippen LogP contribution in [0.15, 0.2) is 18.2 Å². The van der Waals surface area contributed by atoms with Crippen molar-refractivity contribution in [3.05, 3.63) is 28.8 Å². The van der Waals surface area contributed by atoms with E-state index in [2.05, 4.69) is 10.2 Å². The quantitative estimate of drug-likeness (QED) is 0.894. The van der Waals surface area contributed by atoms with Crippen molar-refractivity contribution in [3.63, 3.8) is 0 Å². The summed E-state index contributed by atoms with van der Waals surface area (Å²) in [7, 11) is 3.29. The molecule has 0 aliphatic rings. The van der Waals surface area contributed by atoms with Gasteiger partial charge in [-0.3, -0.25) is 0 Å². The maximum Gasteiger partial charge on any atom is 0.203 e. The molecule has 0 saturated heterocycles. The van der Waals surface area contributed by atoms with Gasteiger partial charge >= 0.3 is 0 Å². The monoisotopic (exact) mass is 265 g/mol. The van der Waals surface area contributed by atoms with Gasteiger partial charge in [0.15, 0.2) is 0 Å². The number of benzene rings is 1. The van der Waals surface area contributed by atoms with Crippen LogP contribution in [0.25, 0.3) is 0 Å². The molecule has 0 atom stereocenters. The molecule has 1 heterocycles. The molecule has 2 aromatic rings. The third-order valence-corrected chi connectivity index (χ3v) is 3.33. The summed E-state index contributed by atoms with van der Waals surface area (Å²) in [6.45, 7) is 0. The van der Waals surface area contributed by atoms with Crippen molar-refractivity contribution in [1.82, 2.24) is 10.2 Å². The van der Waals surface area contributed by atoms with Crippen LogP contribution in [0.1, 0.15) is 10.6 Å². The zero-order valence-corrected chi connectivity index (χ0v) is 11.2. The molecule has 2 N–H and O–H groups in total. The Morgan fingerprint density at radius 3 is 2.22 bits per heavy atom. The number of methoxy groups -OCH3 is 2. The fourth-order valence-corrected chi connectivity index (χ4v) is 2.24. The van der Waals surface area contributed by atoms with E-state index in [-0.39, 0.29) is 0 Å². The summed E-state index contributed by atoms with van der Waals surface area (Å²) in [6, 6.07) is 5.84. The van der Waals surface area contributed by atoms with Crippen molar-refractivity contribution >= 4 is 16.5 Å². The van der Waals surface area contributed by atoms with E-state index < -0.39 is 0 Å². The average molecular weight is 265 g/mol. The van der Waals surface area contributed by atoms with Gasteiger partial charge in [-0.05, 0) is 24.1 Å². The van der Waals surface area contributed by atoms with E-state index >= 15 is 0 Å². The average Bonchev–Trinajstić information content (AvgIpc) is 2.81. The molecule has 0 aliphatic carbocycles. The summed E-state index contributed by atoms with van der Waals surface area (Å²) in [6.07, 6.45) is 1.66. The van der Waals surface area contributed by atoms with Gasteiger partial charge in [-0.25, -0.2) is 0 Å². The van der Waals surface area contributed by atoms with E-state index in [1.54, 1.807) is 14.2 Å². The van der Waals surface area contributed by atoms with E-state index in [9.17, 15) is 0 Å². The third kappa shape index (κ3) is 3.10. The molecule has 0 bridgehead atoms. The largest absolute Gasteiger partial charge is 0.497 e. The molecule has 0 radical (unpaired) electrons. The Balaban J connectivity index is 2.08. The number of rotatable bonds is 5. The van der Waals surface area contributed by atoms with Crippen LogP contribution in [0.4, 0.5) is 5.13 Å². The van der Waals surface area contributed by atoms with Crippen LogP contribution in [0.2, 0.25) is 0 Å². The summed E-state index contributed by atoms with van der Waals surface area (Å²) >= 11 is 1.42. The minimum atomic E-state index is 0.508. The van der Waals surface area contributed by atoms with Gasteiger partial charge in [0.2, 0.25) is 5.13 Å². The molecule has 1 aromatic carbocycles.